The Hall–Kier alpha value is -0.323. The summed E-state index contributed by atoms with van der Waals surface area (Å²) < 4.78 is 24.9. The molecule has 0 heterocycles. The van der Waals surface area contributed by atoms with Gasteiger partial charge in [0.2, 0.25) is 0 Å². The quantitative estimate of drug-likeness (QED) is 0.443. The minimum absolute atomic E-state index is 0.343. The van der Waals surface area contributed by atoms with Crippen LogP contribution in [0.15, 0.2) is 18.2 Å². The SMILES string of the molecule is [Li][c]1cc(F)ccc1F. The first-order chi connectivity index (χ1) is 4.20. The van der Waals surface area contributed by atoms with Crippen molar-refractivity contribution in [3.05, 3.63) is 29.8 Å². The van der Waals surface area contributed by atoms with Crippen molar-refractivity contribution < 1.29 is 8.78 Å². The van der Waals surface area contributed by atoms with Gasteiger partial charge in [-0.1, -0.05) is 0 Å². The molecule has 0 N–H and O–H groups in total. The Morgan fingerprint density at radius 2 is 1.89 bits per heavy atom. The molecule has 0 fully saturated rings. The summed E-state index contributed by atoms with van der Waals surface area (Å²) in [5.41, 5.74) is 0. The third kappa shape index (κ3) is 1.54. The van der Waals surface area contributed by atoms with E-state index in [0.717, 1.165) is 18.2 Å². The van der Waals surface area contributed by atoms with Gasteiger partial charge in [0.05, 0.1) is 0 Å². The molecule has 3 heteroatoms. The van der Waals surface area contributed by atoms with E-state index in [4.69, 9.17) is 0 Å². The average molecular weight is 120 g/mol. The van der Waals surface area contributed by atoms with E-state index in [2.05, 4.69) is 0 Å². The summed E-state index contributed by atoms with van der Waals surface area (Å²) >= 11 is 1.53. The summed E-state index contributed by atoms with van der Waals surface area (Å²) in [5, 5.41) is 0. The number of rotatable bonds is 0. The molecule has 0 radical (unpaired) electrons. The Kier molecular flexibility index (Phi) is 1.89. The molecule has 0 spiro atoms. The zero-order valence-electron chi connectivity index (χ0n) is 4.99. The van der Waals surface area contributed by atoms with Crippen LogP contribution in [0.2, 0.25) is 0 Å². The molecular weight excluding hydrogens is 117 g/mol. The van der Waals surface area contributed by atoms with Crippen LogP contribution in [-0.4, -0.2) is 17.7 Å². The summed E-state index contributed by atoms with van der Waals surface area (Å²) in [6.45, 7) is 0. The maximum absolute atomic E-state index is 12.3. The molecular formula is C6H3F2Li. The van der Waals surface area contributed by atoms with Crippen molar-refractivity contribution in [2.45, 2.75) is 0 Å². The molecule has 9 heavy (non-hydrogen) atoms. The topological polar surface area (TPSA) is 0 Å². The third-order valence-corrected chi connectivity index (χ3v) is 1.12. The van der Waals surface area contributed by atoms with Gasteiger partial charge in [-0.3, -0.25) is 0 Å². The second-order valence-electron chi connectivity index (χ2n) is 1.89. The minimum atomic E-state index is -0.395. The van der Waals surface area contributed by atoms with E-state index in [1.807, 2.05) is 0 Å². The van der Waals surface area contributed by atoms with E-state index in [0.29, 0.717) is 4.24 Å². The Morgan fingerprint density at radius 1 is 1.22 bits per heavy atom. The normalized spacial score (nSPS) is 9.78. The fraction of sp³-hybridized carbons (Fsp3) is 0. The van der Waals surface area contributed by atoms with Crippen molar-refractivity contribution in [2.75, 3.05) is 0 Å². The fourth-order valence-corrected chi connectivity index (χ4v) is 0.608. The fourth-order valence-electron chi connectivity index (χ4n) is 0.608. The van der Waals surface area contributed by atoms with Gasteiger partial charge >= 0.3 is 60.6 Å². The van der Waals surface area contributed by atoms with Crippen LogP contribution in [0.25, 0.3) is 0 Å². The zero-order chi connectivity index (χ0) is 6.85. The summed E-state index contributed by atoms with van der Waals surface area (Å²) in [6.07, 6.45) is 0. The van der Waals surface area contributed by atoms with Crippen molar-refractivity contribution in [2.24, 2.45) is 0 Å². The van der Waals surface area contributed by atoms with Crippen molar-refractivity contribution in [1.29, 1.82) is 0 Å². The van der Waals surface area contributed by atoms with Gasteiger partial charge in [-0.05, 0) is 0 Å². The van der Waals surface area contributed by atoms with Gasteiger partial charge < -0.3 is 0 Å². The van der Waals surface area contributed by atoms with Crippen LogP contribution in [0.1, 0.15) is 0 Å². The van der Waals surface area contributed by atoms with Gasteiger partial charge in [0.15, 0.2) is 0 Å². The van der Waals surface area contributed by atoms with E-state index < -0.39 is 5.82 Å². The summed E-state index contributed by atoms with van der Waals surface area (Å²) in [5.74, 6) is -0.759. The summed E-state index contributed by atoms with van der Waals surface area (Å²) in [7, 11) is 0. The van der Waals surface area contributed by atoms with Gasteiger partial charge in [0, 0.05) is 0 Å². The van der Waals surface area contributed by atoms with Gasteiger partial charge in [-0.25, -0.2) is 0 Å². The van der Waals surface area contributed by atoms with E-state index in [1.54, 1.807) is 0 Å². The third-order valence-electron chi connectivity index (χ3n) is 1.12. The van der Waals surface area contributed by atoms with Crippen LogP contribution in [-0.2, 0) is 0 Å². The monoisotopic (exact) mass is 120 g/mol. The van der Waals surface area contributed by atoms with Crippen molar-refractivity contribution in [3.63, 3.8) is 0 Å². The molecule has 0 aliphatic heterocycles. The second-order valence-corrected chi connectivity index (χ2v) is 1.89. The molecule has 0 bridgehead atoms. The molecule has 0 saturated heterocycles. The van der Waals surface area contributed by atoms with E-state index >= 15 is 0 Å². The van der Waals surface area contributed by atoms with E-state index in [-0.39, 0.29) is 5.82 Å². The number of hydrogen-bond acceptors (Lipinski definition) is 0. The molecule has 0 amide bonds. The van der Waals surface area contributed by atoms with Crippen molar-refractivity contribution >= 4 is 22.0 Å². The molecule has 42 valence electrons. The molecule has 1 aromatic carbocycles. The zero-order valence-corrected chi connectivity index (χ0v) is 4.99. The van der Waals surface area contributed by atoms with Crippen LogP contribution in [0.5, 0.6) is 0 Å². The Morgan fingerprint density at radius 3 is 2.33 bits per heavy atom. The van der Waals surface area contributed by atoms with Gasteiger partial charge in [0.25, 0.3) is 0 Å². The molecule has 0 atom stereocenters. The molecule has 0 nitrogen and oxygen atoms in total. The predicted octanol–water partition coefficient (Wildman–Crippen LogP) is 0.759. The van der Waals surface area contributed by atoms with Crippen LogP contribution in [0.4, 0.5) is 8.78 Å². The number of halogens is 2. The van der Waals surface area contributed by atoms with Gasteiger partial charge in [0.1, 0.15) is 0 Å². The Balaban J connectivity index is 3.17. The van der Waals surface area contributed by atoms with Crippen molar-refractivity contribution in [3.8, 4) is 0 Å². The van der Waals surface area contributed by atoms with Gasteiger partial charge in [-0.2, -0.15) is 0 Å². The Labute approximate surface area is 61.1 Å². The first kappa shape index (κ1) is 6.79. The maximum atomic E-state index is 12.3. The first-order valence-corrected chi connectivity index (χ1v) is 2.62. The van der Waals surface area contributed by atoms with Crippen LogP contribution >= 0.6 is 0 Å². The van der Waals surface area contributed by atoms with Crippen LogP contribution in [0, 0.1) is 11.6 Å². The Bertz CT molecular complexity index is 222. The first-order valence-electron chi connectivity index (χ1n) is 2.62. The summed E-state index contributed by atoms with van der Waals surface area (Å²) in [6, 6.07) is 3.38. The van der Waals surface area contributed by atoms with Gasteiger partial charge in [-0.15, -0.1) is 0 Å². The summed E-state index contributed by atoms with van der Waals surface area (Å²) in [4.78, 5) is 0. The van der Waals surface area contributed by atoms with Crippen molar-refractivity contribution in [1.82, 2.24) is 0 Å². The molecule has 0 aliphatic rings. The number of hydrogen-bond donors (Lipinski definition) is 0. The van der Waals surface area contributed by atoms with E-state index in [1.165, 1.54) is 17.7 Å². The molecule has 0 unspecified atom stereocenters. The standard InChI is InChI=1S/C6H3F2.Li/c7-5-1-2-6(8)4-3-5;/h1-3H;. The molecule has 1 aromatic rings. The van der Waals surface area contributed by atoms with Crippen LogP contribution < -0.4 is 4.24 Å². The average Bonchev–Trinajstić information content (AvgIpc) is 1.80. The van der Waals surface area contributed by atoms with E-state index in [9.17, 15) is 8.78 Å². The molecule has 0 aromatic heterocycles. The number of benzene rings is 1. The second kappa shape index (κ2) is 2.51. The molecule has 0 aliphatic carbocycles. The predicted molar refractivity (Wildman–Crippen MR) is 31.7 cm³/mol. The molecule has 0 saturated carbocycles. The molecule has 1 rings (SSSR count). The van der Waals surface area contributed by atoms with Crippen LogP contribution in [0.3, 0.4) is 0 Å².